The van der Waals surface area contributed by atoms with Crippen molar-refractivity contribution >= 4 is 0 Å². The molecule has 16 heavy (non-hydrogen) atoms. The number of benzene rings is 1. The van der Waals surface area contributed by atoms with E-state index in [2.05, 4.69) is 4.98 Å². The number of rotatable bonds is 3. The van der Waals surface area contributed by atoms with Gasteiger partial charge >= 0.3 is 0 Å². The first-order valence-corrected chi connectivity index (χ1v) is 5.06. The number of aromatic nitrogens is 1. The van der Waals surface area contributed by atoms with Gasteiger partial charge in [0, 0.05) is 12.5 Å². The van der Waals surface area contributed by atoms with E-state index < -0.39 is 0 Å². The van der Waals surface area contributed by atoms with E-state index in [-0.39, 0.29) is 5.75 Å². The molecule has 1 aromatic carbocycles. The summed E-state index contributed by atoms with van der Waals surface area (Å²) in [5.74, 6) is 0.716. The summed E-state index contributed by atoms with van der Waals surface area (Å²) in [7, 11) is 1.56. The van der Waals surface area contributed by atoms with Crippen LogP contribution in [0.3, 0.4) is 0 Å². The Morgan fingerprint density at radius 2 is 1.88 bits per heavy atom. The summed E-state index contributed by atoms with van der Waals surface area (Å²) in [6.07, 6.45) is 0.601. The maximum absolute atomic E-state index is 9.67. The Hall–Kier alpha value is -2.03. The number of ether oxygens (including phenoxy) is 1. The second-order valence-corrected chi connectivity index (χ2v) is 3.48. The SMILES string of the molecule is COc1ccc(O)c(Cc2ccccc2)n1. The van der Waals surface area contributed by atoms with Crippen LogP contribution >= 0.6 is 0 Å². The molecule has 0 fully saturated rings. The highest BCUT2D eigenvalue weighted by Gasteiger charge is 2.05. The van der Waals surface area contributed by atoms with Crippen molar-refractivity contribution in [2.24, 2.45) is 0 Å². The Balaban J connectivity index is 2.27. The van der Waals surface area contributed by atoms with Crippen LogP contribution in [0.4, 0.5) is 0 Å². The fourth-order valence-electron chi connectivity index (χ4n) is 1.51. The van der Waals surface area contributed by atoms with Crippen molar-refractivity contribution in [1.82, 2.24) is 4.98 Å². The molecule has 0 aliphatic heterocycles. The lowest BCUT2D eigenvalue weighted by molar-refractivity contribution is 0.391. The van der Waals surface area contributed by atoms with Crippen molar-refractivity contribution in [3.05, 3.63) is 53.7 Å². The quantitative estimate of drug-likeness (QED) is 0.854. The molecule has 0 unspecified atom stereocenters. The molecule has 1 aromatic heterocycles. The smallest absolute Gasteiger partial charge is 0.213 e. The Morgan fingerprint density at radius 3 is 2.56 bits per heavy atom. The Bertz CT molecular complexity index is 469. The van der Waals surface area contributed by atoms with Crippen LogP contribution in [0.5, 0.6) is 11.6 Å². The molecular formula is C13H13NO2. The number of hydrogen-bond donors (Lipinski definition) is 1. The van der Waals surface area contributed by atoms with Crippen molar-refractivity contribution in [3.8, 4) is 11.6 Å². The highest BCUT2D eigenvalue weighted by atomic mass is 16.5. The molecule has 1 heterocycles. The molecule has 0 atom stereocenters. The van der Waals surface area contributed by atoms with E-state index in [1.807, 2.05) is 30.3 Å². The second kappa shape index (κ2) is 4.66. The summed E-state index contributed by atoms with van der Waals surface area (Å²) in [4.78, 5) is 4.21. The molecule has 0 spiro atoms. The third kappa shape index (κ3) is 2.31. The zero-order valence-electron chi connectivity index (χ0n) is 9.05. The van der Waals surface area contributed by atoms with Crippen molar-refractivity contribution in [3.63, 3.8) is 0 Å². The number of methoxy groups -OCH3 is 1. The topological polar surface area (TPSA) is 42.4 Å². The van der Waals surface area contributed by atoms with Crippen molar-refractivity contribution in [2.75, 3.05) is 7.11 Å². The molecule has 0 radical (unpaired) electrons. The van der Waals surface area contributed by atoms with Crippen LogP contribution in [-0.2, 0) is 6.42 Å². The van der Waals surface area contributed by atoms with Crippen LogP contribution in [0.2, 0.25) is 0 Å². The lowest BCUT2D eigenvalue weighted by Crippen LogP contribution is -1.95. The Labute approximate surface area is 94.3 Å². The van der Waals surface area contributed by atoms with Gasteiger partial charge in [-0.3, -0.25) is 0 Å². The fourth-order valence-corrected chi connectivity index (χ4v) is 1.51. The number of pyridine rings is 1. The molecule has 3 nitrogen and oxygen atoms in total. The molecule has 0 amide bonds. The summed E-state index contributed by atoms with van der Waals surface area (Å²) in [6, 6.07) is 13.1. The van der Waals surface area contributed by atoms with E-state index in [1.165, 1.54) is 0 Å². The van der Waals surface area contributed by atoms with E-state index in [0.717, 1.165) is 5.56 Å². The van der Waals surface area contributed by atoms with Gasteiger partial charge in [0.15, 0.2) is 0 Å². The maximum Gasteiger partial charge on any atom is 0.213 e. The molecular weight excluding hydrogens is 202 g/mol. The van der Waals surface area contributed by atoms with Crippen molar-refractivity contribution in [2.45, 2.75) is 6.42 Å². The van der Waals surface area contributed by atoms with E-state index in [1.54, 1.807) is 19.2 Å². The van der Waals surface area contributed by atoms with Crippen LogP contribution in [-0.4, -0.2) is 17.2 Å². The average Bonchev–Trinajstić information content (AvgIpc) is 2.33. The van der Waals surface area contributed by atoms with Crippen LogP contribution in [0.1, 0.15) is 11.3 Å². The molecule has 82 valence electrons. The van der Waals surface area contributed by atoms with Gasteiger partial charge in [0.25, 0.3) is 0 Å². The van der Waals surface area contributed by atoms with E-state index in [4.69, 9.17) is 4.74 Å². The Kier molecular flexibility index (Phi) is 3.05. The monoisotopic (exact) mass is 215 g/mol. The third-order valence-electron chi connectivity index (χ3n) is 2.35. The third-order valence-corrected chi connectivity index (χ3v) is 2.35. The molecule has 2 aromatic rings. The van der Waals surface area contributed by atoms with Gasteiger partial charge in [-0.25, -0.2) is 4.98 Å². The van der Waals surface area contributed by atoms with Gasteiger partial charge in [-0.15, -0.1) is 0 Å². The van der Waals surface area contributed by atoms with Gasteiger partial charge in [0.2, 0.25) is 5.88 Å². The van der Waals surface area contributed by atoms with Crippen LogP contribution < -0.4 is 4.74 Å². The number of hydrogen-bond acceptors (Lipinski definition) is 3. The predicted octanol–water partition coefficient (Wildman–Crippen LogP) is 2.39. The standard InChI is InChI=1S/C13H13NO2/c1-16-13-8-7-12(15)11(14-13)9-10-5-3-2-4-6-10/h2-8,15H,9H2,1H3. The summed E-state index contributed by atoms with van der Waals surface area (Å²) >= 11 is 0. The molecule has 0 saturated heterocycles. The highest BCUT2D eigenvalue weighted by molar-refractivity contribution is 5.34. The molecule has 3 heteroatoms. The maximum atomic E-state index is 9.67. The molecule has 0 aliphatic rings. The first-order chi connectivity index (χ1) is 7.79. The number of aromatic hydroxyl groups is 1. The lowest BCUT2D eigenvalue weighted by atomic mass is 10.1. The lowest BCUT2D eigenvalue weighted by Gasteiger charge is -2.06. The minimum absolute atomic E-state index is 0.199. The van der Waals surface area contributed by atoms with Crippen molar-refractivity contribution < 1.29 is 9.84 Å². The highest BCUT2D eigenvalue weighted by Crippen LogP contribution is 2.21. The van der Waals surface area contributed by atoms with Gasteiger partial charge in [0.1, 0.15) is 5.75 Å². The summed E-state index contributed by atoms with van der Waals surface area (Å²) < 4.78 is 5.03. The first kappa shape index (κ1) is 10.5. The average molecular weight is 215 g/mol. The minimum atomic E-state index is 0.199. The van der Waals surface area contributed by atoms with Gasteiger partial charge in [0.05, 0.1) is 12.8 Å². The fraction of sp³-hybridized carbons (Fsp3) is 0.154. The molecule has 1 N–H and O–H groups in total. The van der Waals surface area contributed by atoms with Gasteiger partial charge < -0.3 is 9.84 Å². The zero-order chi connectivity index (χ0) is 11.4. The zero-order valence-corrected chi connectivity index (χ0v) is 9.05. The number of nitrogens with zero attached hydrogens (tertiary/aromatic N) is 1. The Morgan fingerprint density at radius 1 is 1.12 bits per heavy atom. The van der Waals surface area contributed by atoms with Crippen LogP contribution in [0, 0.1) is 0 Å². The molecule has 2 rings (SSSR count). The van der Waals surface area contributed by atoms with E-state index in [9.17, 15) is 5.11 Å². The van der Waals surface area contributed by atoms with Crippen LogP contribution in [0.25, 0.3) is 0 Å². The minimum Gasteiger partial charge on any atom is -0.506 e. The van der Waals surface area contributed by atoms with E-state index in [0.29, 0.717) is 18.0 Å². The summed E-state index contributed by atoms with van der Waals surface area (Å²) in [5.41, 5.74) is 1.74. The molecule has 0 bridgehead atoms. The van der Waals surface area contributed by atoms with Crippen molar-refractivity contribution in [1.29, 1.82) is 0 Å². The van der Waals surface area contributed by atoms with Gasteiger partial charge in [-0.05, 0) is 11.6 Å². The normalized spacial score (nSPS) is 10.1. The first-order valence-electron chi connectivity index (χ1n) is 5.06. The van der Waals surface area contributed by atoms with E-state index >= 15 is 0 Å². The molecule has 0 saturated carbocycles. The predicted molar refractivity (Wildman–Crippen MR) is 61.7 cm³/mol. The summed E-state index contributed by atoms with van der Waals surface area (Å²) in [5, 5.41) is 9.67. The summed E-state index contributed by atoms with van der Waals surface area (Å²) in [6.45, 7) is 0. The van der Waals surface area contributed by atoms with Gasteiger partial charge in [-0.1, -0.05) is 30.3 Å². The van der Waals surface area contributed by atoms with Crippen LogP contribution in [0.15, 0.2) is 42.5 Å². The van der Waals surface area contributed by atoms with Gasteiger partial charge in [-0.2, -0.15) is 0 Å². The second-order valence-electron chi connectivity index (χ2n) is 3.48. The molecule has 0 aliphatic carbocycles. The largest absolute Gasteiger partial charge is 0.506 e.